The zero-order valence-corrected chi connectivity index (χ0v) is 6.06. The van der Waals surface area contributed by atoms with E-state index in [4.69, 9.17) is 5.73 Å². The van der Waals surface area contributed by atoms with Gasteiger partial charge in [-0.25, -0.2) is 9.97 Å². The summed E-state index contributed by atoms with van der Waals surface area (Å²) in [6.07, 6.45) is 4.62. The highest BCUT2D eigenvalue weighted by molar-refractivity contribution is 5.78. The highest BCUT2D eigenvalue weighted by Crippen LogP contribution is 1.92. The maximum absolute atomic E-state index is 5.26. The number of aromatic nitrogens is 2. The zero-order valence-electron chi connectivity index (χ0n) is 6.06. The molecule has 5 nitrogen and oxygen atoms in total. The molecule has 1 rings (SSSR count). The quantitative estimate of drug-likeness (QED) is 0.479. The molecule has 0 radical (unpaired) electrons. The molecule has 0 saturated carbocycles. The third kappa shape index (κ3) is 2.21. The van der Waals surface area contributed by atoms with Gasteiger partial charge in [-0.15, -0.1) is 0 Å². The van der Waals surface area contributed by atoms with Crippen molar-refractivity contribution in [2.45, 2.75) is 0 Å². The van der Waals surface area contributed by atoms with Crippen LogP contribution in [0.15, 0.2) is 17.5 Å². The molecule has 0 spiro atoms. The summed E-state index contributed by atoms with van der Waals surface area (Å²) < 4.78 is 0. The van der Waals surface area contributed by atoms with Crippen LogP contribution in [0, 0.1) is 0 Å². The molecule has 0 amide bonds. The van der Waals surface area contributed by atoms with E-state index in [2.05, 4.69) is 20.0 Å². The molecule has 11 heavy (non-hydrogen) atoms. The maximum atomic E-state index is 5.26. The van der Waals surface area contributed by atoms with Crippen molar-refractivity contribution in [2.24, 2.45) is 5.16 Å². The standard InChI is InChI=1S/C6H8N4O/c1-11-10-4-5-2-8-6(7)9-3-5/h2-4H,1H3,(H2,7,8,9). The first-order valence-electron chi connectivity index (χ1n) is 2.97. The maximum Gasteiger partial charge on any atom is 0.219 e. The highest BCUT2D eigenvalue weighted by atomic mass is 16.6. The minimum Gasteiger partial charge on any atom is -0.399 e. The number of nitrogens with zero attached hydrogens (tertiary/aromatic N) is 3. The van der Waals surface area contributed by atoms with Gasteiger partial charge >= 0.3 is 0 Å². The van der Waals surface area contributed by atoms with E-state index in [1.165, 1.54) is 13.3 Å². The van der Waals surface area contributed by atoms with E-state index in [1.807, 2.05) is 0 Å². The second kappa shape index (κ2) is 3.50. The van der Waals surface area contributed by atoms with E-state index in [1.54, 1.807) is 12.4 Å². The van der Waals surface area contributed by atoms with E-state index in [-0.39, 0.29) is 5.95 Å². The van der Waals surface area contributed by atoms with Crippen molar-refractivity contribution in [3.05, 3.63) is 18.0 Å². The summed E-state index contributed by atoms with van der Waals surface area (Å²) in [5, 5.41) is 3.53. The highest BCUT2D eigenvalue weighted by Gasteiger charge is 1.88. The van der Waals surface area contributed by atoms with Crippen LogP contribution in [-0.2, 0) is 4.84 Å². The van der Waals surface area contributed by atoms with Crippen molar-refractivity contribution in [3.63, 3.8) is 0 Å². The lowest BCUT2D eigenvalue weighted by atomic mass is 10.4. The molecule has 0 aliphatic carbocycles. The molecule has 5 heteroatoms. The van der Waals surface area contributed by atoms with Crippen molar-refractivity contribution < 1.29 is 4.84 Å². The number of hydrogen-bond acceptors (Lipinski definition) is 5. The Kier molecular flexibility index (Phi) is 2.37. The second-order valence-corrected chi connectivity index (χ2v) is 1.79. The fourth-order valence-corrected chi connectivity index (χ4v) is 0.528. The van der Waals surface area contributed by atoms with Crippen LogP contribution in [0.25, 0.3) is 0 Å². The Morgan fingerprint density at radius 2 is 2.18 bits per heavy atom. The van der Waals surface area contributed by atoms with E-state index in [9.17, 15) is 0 Å². The first-order valence-corrected chi connectivity index (χ1v) is 2.97. The molecule has 58 valence electrons. The first-order chi connectivity index (χ1) is 5.33. The molecule has 0 saturated heterocycles. The Labute approximate surface area is 63.9 Å². The lowest BCUT2D eigenvalue weighted by Gasteiger charge is -1.91. The summed E-state index contributed by atoms with van der Waals surface area (Å²) in [6.45, 7) is 0. The smallest absolute Gasteiger partial charge is 0.219 e. The number of nitrogens with two attached hydrogens (primary N) is 1. The van der Waals surface area contributed by atoms with Crippen LogP contribution < -0.4 is 5.73 Å². The lowest BCUT2D eigenvalue weighted by Crippen LogP contribution is -1.94. The first kappa shape index (κ1) is 7.46. The van der Waals surface area contributed by atoms with E-state index in [0.717, 1.165) is 5.56 Å². The molecular weight excluding hydrogens is 144 g/mol. The average Bonchev–Trinajstić information content (AvgIpc) is 2.04. The molecule has 1 heterocycles. The van der Waals surface area contributed by atoms with Crippen LogP contribution in [0.5, 0.6) is 0 Å². The summed E-state index contributed by atoms with van der Waals surface area (Å²) in [6, 6.07) is 0. The van der Waals surface area contributed by atoms with Gasteiger partial charge in [0.05, 0.1) is 6.21 Å². The second-order valence-electron chi connectivity index (χ2n) is 1.79. The summed E-state index contributed by atoms with van der Waals surface area (Å²) in [7, 11) is 1.47. The van der Waals surface area contributed by atoms with Gasteiger partial charge in [0.1, 0.15) is 7.11 Å². The molecule has 2 N–H and O–H groups in total. The topological polar surface area (TPSA) is 73.4 Å². The van der Waals surface area contributed by atoms with Crippen LogP contribution in [0.4, 0.5) is 5.95 Å². The molecule has 0 bridgehead atoms. The van der Waals surface area contributed by atoms with Gasteiger partial charge in [0.25, 0.3) is 0 Å². The molecule has 0 aliphatic heterocycles. The molecule has 0 aromatic carbocycles. The minimum atomic E-state index is 0.250. The number of rotatable bonds is 2. The average molecular weight is 152 g/mol. The molecule has 0 unspecified atom stereocenters. The molecule has 0 atom stereocenters. The molecule has 1 aromatic rings. The van der Waals surface area contributed by atoms with Gasteiger partial charge in [0.2, 0.25) is 5.95 Å². The van der Waals surface area contributed by atoms with Gasteiger partial charge in [-0.2, -0.15) is 0 Å². The Balaban J connectivity index is 2.73. The van der Waals surface area contributed by atoms with E-state index >= 15 is 0 Å². The molecular formula is C6H8N4O. The van der Waals surface area contributed by atoms with Gasteiger partial charge in [0, 0.05) is 18.0 Å². The van der Waals surface area contributed by atoms with Gasteiger partial charge in [-0.05, 0) is 0 Å². The third-order valence-electron chi connectivity index (χ3n) is 0.999. The zero-order chi connectivity index (χ0) is 8.10. The Hall–Kier alpha value is -1.65. The normalized spacial score (nSPS) is 10.3. The van der Waals surface area contributed by atoms with Crippen molar-refractivity contribution in [3.8, 4) is 0 Å². The number of anilines is 1. The summed E-state index contributed by atoms with van der Waals surface area (Å²) in [4.78, 5) is 12.0. The summed E-state index contributed by atoms with van der Waals surface area (Å²) in [5.41, 5.74) is 6.01. The van der Waals surface area contributed by atoms with Crippen molar-refractivity contribution in [1.82, 2.24) is 9.97 Å². The van der Waals surface area contributed by atoms with Crippen LogP contribution in [0.3, 0.4) is 0 Å². The predicted octanol–water partition coefficient (Wildman–Crippen LogP) is 0.0391. The number of hydrogen-bond donors (Lipinski definition) is 1. The van der Waals surface area contributed by atoms with Gasteiger partial charge in [0.15, 0.2) is 0 Å². The lowest BCUT2D eigenvalue weighted by molar-refractivity contribution is 0.215. The number of oxime groups is 1. The SMILES string of the molecule is CON=Cc1cnc(N)nc1. The Morgan fingerprint density at radius 1 is 1.55 bits per heavy atom. The number of nitrogen functional groups attached to an aromatic ring is 1. The van der Waals surface area contributed by atoms with Crippen LogP contribution in [0.2, 0.25) is 0 Å². The van der Waals surface area contributed by atoms with Crippen molar-refractivity contribution >= 4 is 12.2 Å². The van der Waals surface area contributed by atoms with E-state index in [0.29, 0.717) is 0 Å². The van der Waals surface area contributed by atoms with Crippen molar-refractivity contribution in [1.29, 1.82) is 0 Å². The minimum absolute atomic E-state index is 0.250. The molecule has 0 aliphatic rings. The van der Waals surface area contributed by atoms with Crippen LogP contribution >= 0.6 is 0 Å². The largest absolute Gasteiger partial charge is 0.399 e. The van der Waals surface area contributed by atoms with Gasteiger partial charge < -0.3 is 10.6 Å². The van der Waals surface area contributed by atoms with Crippen LogP contribution in [0.1, 0.15) is 5.56 Å². The summed E-state index contributed by atoms with van der Waals surface area (Å²) >= 11 is 0. The Morgan fingerprint density at radius 3 is 2.73 bits per heavy atom. The fourth-order valence-electron chi connectivity index (χ4n) is 0.528. The third-order valence-corrected chi connectivity index (χ3v) is 0.999. The summed E-state index contributed by atoms with van der Waals surface area (Å²) in [5.74, 6) is 0.250. The monoisotopic (exact) mass is 152 g/mol. The Bertz CT molecular complexity index is 243. The predicted molar refractivity (Wildman–Crippen MR) is 41.0 cm³/mol. The van der Waals surface area contributed by atoms with Gasteiger partial charge in [-0.1, -0.05) is 5.16 Å². The molecule has 0 fully saturated rings. The van der Waals surface area contributed by atoms with Crippen LogP contribution in [-0.4, -0.2) is 23.3 Å². The fraction of sp³-hybridized carbons (Fsp3) is 0.167. The van der Waals surface area contributed by atoms with E-state index < -0.39 is 0 Å². The molecule has 1 aromatic heterocycles. The van der Waals surface area contributed by atoms with Gasteiger partial charge in [-0.3, -0.25) is 0 Å². The van der Waals surface area contributed by atoms with Crippen molar-refractivity contribution in [2.75, 3.05) is 12.8 Å².